The number of rotatable bonds is 12. The molecule has 0 atom stereocenters. The van der Waals surface area contributed by atoms with Gasteiger partial charge in [0.25, 0.3) is 0 Å². The number of hydrogen-bond acceptors (Lipinski definition) is 8. The standard InChI is InChI=1S/2C6H10O3.2C4H9O.Zr/c2*1-2-3-5(7)4-6(8)9;2*1-2-3-4-5;/h2*2-4H2,1H3,(H,8,9);2*2-4H2,1H3;/q;;2*-1;+4/p-2. The number of aliphatic carboxylic acids is 2. The molecule has 0 radical (unpaired) electrons. The minimum absolute atomic E-state index is 0. The molecule has 168 valence electrons. The molecule has 0 rings (SSSR count). The van der Waals surface area contributed by atoms with E-state index in [0.29, 0.717) is 25.7 Å². The summed E-state index contributed by atoms with van der Waals surface area (Å²) in [6.45, 7) is 7.86. The van der Waals surface area contributed by atoms with Crippen LogP contribution in [0.5, 0.6) is 0 Å². The van der Waals surface area contributed by atoms with Gasteiger partial charge in [0.2, 0.25) is 0 Å². The van der Waals surface area contributed by atoms with E-state index >= 15 is 0 Å². The van der Waals surface area contributed by atoms with Crippen LogP contribution in [0.25, 0.3) is 0 Å². The van der Waals surface area contributed by atoms with E-state index in [1.165, 1.54) is 0 Å². The molecule has 0 saturated heterocycles. The van der Waals surface area contributed by atoms with Crippen LogP contribution in [-0.2, 0) is 45.4 Å². The first-order chi connectivity index (χ1) is 13.2. The Morgan fingerprint density at radius 2 is 0.862 bits per heavy atom. The van der Waals surface area contributed by atoms with Crippen molar-refractivity contribution in [3.8, 4) is 0 Å². The van der Waals surface area contributed by atoms with E-state index in [2.05, 4.69) is 0 Å². The van der Waals surface area contributed by atoms with Crippen LogP contribution in [0.15, 0.2) is 0 Å². The third-order valence-corrected chi connectivity index (χ3v) is 2.74. The molecule has 0 heterocycles. The number of carbonyl (C=O) groups is 4. The first kappa shape index (κ1) is 38.7. The minimum atomic E-state index is -1.28. The fraction of sp³-hybridized carbons (Fsp3) is 0.800. The third-order valence-electron chi connectivity index (χ3n) is 2.74. The molecule has 0 aromatic heterocycles. The van der Waals surface area contributed by atoms with Gasteiger partial charge in [-0.3, -0.25) is 9.59 Å². The van der Waals surface area contributed by atoms with Crippen LogP contribution >= 0.6 is 0 Å². The van der Waals surface area contributed by atoms with Gasteiger partial charge in [-0.15, -0.1) is 13.2 Å². The van der Waals surface area contributed by atoms with Gasteiger partial charge in [-0.2, -0.15) is 0 Å². The molecule has 0 aromatic rings. The van der Waals surface area contributed by atoms with Crippen LogP contribution in [0.3, 0.4) is 0 Å². The van der Waals surface area contributed by atoms with Gasteiger partial charge in [0.15, 0.2) is 0 Å². The molecule has 0 unspecified atom stereocenters. The third kappa shape index (κ3) is 58.4. The molecule has 0 saturated carbocycles. The van der Waals surface area contributed by atoms with E-state index < -0.39 is 24.8 Å². The van der Waals surface area contributed by atoms with Crippen molar-refractivity contribution in [3.63, 3.8) is 0 Å². The summed E-state index contributed by atoms with van der Waals surface area (Å²) in [6.07, 6.45) is 4.94. The Morgan fingerprint density at radius 3 is 0.966 bits per heavy atom. The second-order valence-corrected chi connectivity index (χ2v) is 5.79. The molecular formula is C20H36O8Zr. The largest absolute Gasteiger partial charge is 4.00 e. The van der Waals surface area contributed by atoms with Gasteiger partial charge in [0.1, 0.15) is 11.6 Å². The number of ketones is 2. The molecule has 0 N–H and O–H groups in total. The van der Waals surface area contributed by atoms with Crippen molar-refractivity contribution in [1.29, 1.82) is 0 Å². The molecule has 0 fully saturated rings. The van der Waals surface area contributed by atoms with Crippen molar-refractivity contribution in [1.82, 2.24) is 0 Å². The van der Waals surface area contributed by atoms with Gasteiger partial charge in [0, 0.05) is 37.6 Å². The second-order valence-electron chi connectivity index (χ2n) is 5.79. The quantitative estimate of drug-likeness (QED) is 0.321. The van der Waals surface area contributed by atoms with Crippen molar-refractivity contribution < 1.29 is 65.8 Å². The van der Waals surface area contributed by atoms with E-state index in [-0.39, 0.29) is 51.0 Å². The van der Waals surface area contributed by atoms with E-state index in [4.69, 9.17) is 0 Å². The number of carboxylic acid groups (broad SMARTS) is 2. The van der Waals surface area contributed by atoms with Gasteiger partial charge in [0.05, 0.1) is 0 Å². The minimum Gasteiger partial charge on any atom is -0.854 e. The summed E-state index contributed by atoms with van der Waals surface area (Å²) >= 11 is 0. The van der Waals surface area contributed by atoms with Gasteiger partial charge in [-0.05, 0) is 12.8 Å². The number of Topliss-reactive ketones (excluding diaryl/α,β-unsaturated/α-hetero) is 2. The van der Waals surface area contributed by atoms with Crippen molar-refractivity contribution in [2.45, 2.75) is 91.9 Å². The predicted octanol–water partition coefficient (Wildman–Crippen LogP) is -0.718. The first-order valence-corrected chi connectivity index (χ1v) is 9.75. The summed E-state index contributed by atoms with van der Waals surface area (Å²) < 4.78 is 0. The summed E-state index contributed by atoms with van der Waals surface area (Å²) in [6, 6.07) is 0. The molecule has 0 aromatic carbocycles. The average Bonchev–Trinajstić information content (AvgIpc) is 2.57. The van der Waals surface area contributed by atoms with Crippen LogP contribution in [-0.4, -0.2) is 36.7 Å². The Hall–Kier alpha value is -0.917. The summed E-state index contributed by atoms with van der Waals surface area (Å²) in [4.78, 5) is 40.4. The van der Waals surface area contributed by atoms with Crippen LogP contribution in [0.2, 0.25) is 0 Å². The van der Waals surface area contributed by atoms with Crippen LogP contribution in [0.4, 0.5) is 0 Å². The van der Waals surface area contributed by atoms with Crippen molar-refractivity contribution in [2.75, 3.05) is 13.2 Å². The summed E-state index contributed by atoms with van der Waals surface area (Å²) in [5.41, 5.74) is 0. The molecular weight excluding hydrogens is 459 g/mol. The van der Waals surface area contributed by atoms with Gasteiger partial charge in [-0.1, -0.05) is 53.4 Å². The number of carboxylic acids is 2. The molecule has 0 amide bonds. The summed E-state index contributed by atoms with van der Waals surface area (Å²) in [5, 5.41) is 38.6. The average molecular weight is 496 g/mol. The van der Waals surface area contributed by atoms with Crippen LogP contribution in [0, 0.1) is 0 Å². The Bertz CT molecular complexity index is 347. The number of carbonyl (C=O) groups excluding carboxylic acids is 4. The maximum absolute atomic E-state index is 10.4. The van der Waals surface area contributed by atoms with E-state index in [1.807, 2.05) is 27.7 Å². The zero-order valence-corrected chi connectivity index (χ0v) is 20.7. The second kappa shape index (κ2) is 34.6. The van der Waals surface area contributed by atoms with Crippen LogP contribution < -0.4 is 20.4 Å². The molecule has 8 nitrogen and oxygen atoms in total. The first-order valence-electron chi connectivity index (χ1n) is 9.75. The molecule has 0 spiro atoms. The Labute approximate surface area is 194 Å². The van der Waals surface area contributed by atoms with E-state index in [9.17, 15) is 39.6 Å². The fourth-order valence-electron chi connectivity index (χ4n) is 1.35. The van der Waals surface area contributed by atoms with Gasteiger partial charge in [-0.25, -0.2) is 0 Å². The topological polar surface area (TPSA) is 161 Å². The molecule has 0 aliphatic heterocycles. The maximum Gasteiger partial charge on any atom is 4.00 e. The Balaban J connectivity index is -0.0000000907. The van der Waals surface area contributed by atoms with Crippen molar-refractivity contribution >= 4 is 23.5 Å². The normalized spacial score (nSPS) is 8.48. The summed E-state index contributed by atoms with van der Waals surface area (Å²) in [5.74, 6) is -3.07. The zero-order chi connectivity index (χ0) is 22.8. The number of hydrogen-bond donors (Lipinski definition) is 0. The monoisotopic (exact) mass is 494 g/mol. The molecule has 0 aliphatic rings. The van der Waals surface area contributed by atoms with Gasteiger partial charge < -0.3 is 30.0 Å². The molecule has 9 heteroatoms. The molecule has 29 heavy (non-hydrogen) atoms. The van der Waals surface area contributed by atoms with Crippen LogP contribution in [0.1, 0.15) is 91.9 Å². The molecule has 0 aliphatic carbocycles. The smallest absolute Gasteiger partial charge is 0.854 e. The molecule has 0 bridgehead atoms. The van der Waals surface area contributed by atoms with E-state index in [1.54, 1.807) is 0 Å². The predicted molar refractivity (Wildman–Crippen MR) is 98.6 cm³/mol. The fourth-order valence-corrected chi connectivity index (χ4v) is 1.35. The van der Waals surface area contributed by atoms with Crippen molar-refractivity contribution in [2.24, 2.45) is 0 Å². The SMILES string of the molecule is CCCC(=O)CC(=O)[O-].CCCC(=O)CC(=O)[O-].CCCC[O-].CCCC[O-].[Zr+4]. The Morgan fingerprint density at radius 1 is 0.586 bits per heavy atom. The summed E-state index contributed by atoms with van der Waals surface area (Å²) in [7, 11) is 0. The Kier molecular flexibility index (Phi) is 46.1. The van der Waals surface area contributed by atoms with Gasteiger partial charge >= 0.3 is 26.2 Å². The van der Waals surface area contributed by atoms with E-state index in [0.717, 1.165) is 25.7 Å². The maximum atomic E-state index is 10.4. The number of unbranched alkanes of at least 4 members (excludes halogenated alkanes) is 2. The zero-order valence-electron chi connectivity index (χ0n) is 18.3. The van der Waals surface area contributed by atoms with Crippen molar-refractivity contribution in [3.05, 3.63) is 0 Å².